The summed E-state index contributed by atoms with van der Waals surface area (Å²) in [5.41, 5.74) is 9.78. The highest BCUT2D eigenvalue weighted by molar-refractivity contribution is 14.1. The third-order valence-corrected chi connectivity index (χ3v) is 5.85. The number of benzene rings is 1. The number of carbonyl (C=O) groups is 3. The van der Waals surface area contributed by atoms with Crippen molar-refractivity contribution in [1.29, 1.82) is 0 Å². The predicted octanol–water partition coefficient (Wildman–Crippen LogP) is 4.67. The summed E-state index contributed by atoms with van der Waals surface area (Å²) in [4.78, 5) is 36.4. The molecule has 2 amide bonds. The van der Waals surface area contributed by atoms with Gasteiger partial charge in [0.05, 0.1) is 17.6 Å². The third kappa shape index (κ3) is 16.4. The standard InChI is InChI=1S/C22H30BrIN6O6.C2H4/c1-16(8-11-31)20(29-30-25)28-15-36-22(33)27-10-5-13-35-21(17-6-2-3-7-18(17)23)34-12-4-9-26-19(32)14-24;1-2/h2-3,6-7,11,20-21,28H,1,4-5,8-10,12-15H2,(H,26,32)(H,27,33);1-2H2. The summed E-state index contributed by atoms with van der Waals surface area (Å²) in [7, 11) is 0. The van der Waals surface area contributed by atoms with Gasteiger partial charge in [0.15, 0.2) is 6.29 Å². The summed E-state index contributed by atoms with van der Waals surface area (Å²) in [5, 5.41) is 11.5. The number of nitrogens with zero attached hydrogens (tertiary/aromatic N) is 3. The molecule has 0 aliphatic carbocycles. The molecule has 0 saturated carbocycles. The fourth-order valence-corrected chi connectivity index (χ4v) is 3.40. The number of alkyl halides is 1. The average Bonchev–Trinajstić information content (AvgIpc) is 2.92. The molecule has 0 radical (unpaired) electrons. The van der Waals surface area contributed by atoms with E-state index in [1.807, 2.05) is 46.9 Å². The predicted molar refractivity (Wildman–Crippen MR) is 156 cm³/mol. The van der Waals surface area contributed by atoms with Crippen molar-refractivity contribution in [2.75, 3.05) is 37.5 Å². The van der Waals surface area contributed by atoms with Crippen molar-refractivity contribution < 1.29 is 28.6 Å². The Morgan fingerprint density at radius 1 is 1.16 bits per heavy atom. The molecule has 0 fully saturated rings. The lowest BCUT2D eigenvalue weighted by atomic mass is 10.2. The van der Waals surface area contributed by atoms with Gasteiger partial charge in [-0.15, -0.1) is 13.2 Å². The van der Waals surface area contributed by atoms with Crippen LogP contribution in [0.4, 0.5) is 4.79 Å². The van der Waals surface area contributed by atoms with Gasteiger partial charge in [0, 0.05) is 34.5 Å². The zero-order chi connectivity index (χ0) is 28.6. The van der Waals surface area contributed by atoms with Gasteiger partial charge in [-0.1, -0.05) is 68.4 Å². The van der Waals surface area contributed by atoms with Gasteiger partial charge in [-0.25, -0.2) is 4.79 Å². The van der Waals surface area contributed by atoms with Gasteiger partial charge in [-0.05, 0) is 30.0 Å². The minimum absolute atomic E-state index is 0.0162. The monoisotopic (exact) mass is 708 g/mol. The first kappa shape index (κ1) is 35.5. The Hall–Kier alpha value is -2.49. The number of azide groups is 1. The molecular formula is C24H34BrIN6O6. The van der Waals surface area contributed by atoms with Crippen LogP contribution in [0, 0.1) is 0 Å². The van der Waals surface area contributed by atoms with E-state index in [1.54, 1.807) is 0 Å². The SMILES string of the molecule is C=C.C=C(CC=O)C(N=[N+]=[N-])NCOC(=O)NCCCOC(OCCCNC(=O)CI)c1ccccc1Br. The summed E-state index contributed by atoms with van der Waals surface area (Å²) in [6, 6.07) is 7.55. The molecule has 14 heteroatoms. The van der Waals surface area contributed by atoms with Gasteiger partial charge in [0.25, 0.3) is 0 Å². The van der Waals surface area contributed by atoms with E-state index in [1.165, 1.54) is 0 Å². The normalized spacial score (nSPS) is 11.5. The second kappa shape index (κ2) is 23.6. The number of halogens is 2. The topological polar surface area (TPSA) is 164 Å². The Morgan fingerprint density at radius 2 is 1.79 bits per heavy atom. The molecule has 0 saturated heterocycles. The molecule has 0 aliphatic rings. The number of amides is 2. The molecule has 38 heavy (non-hydrogen) atoms. The summed E-state index contributed by atoms with van der Waals surface area (Å²) in [5.74, 6) is -0.0187. The smallest absolute Gasteiger partial charge is 0.408 e. The molecule has 0 bridgehead atoms. The maximum atomic E-state index is 11.9. The van der Waals surface area contributed by atoms with Gasteiger partial charge >= 0.3 is 6.09 Å². The maximum Gasteiger partial charge on any atom is 0.408 e. The molecule has 210 valence electrons. The Morgan fingerprint density at radius 3 is 2.37 bits per heavy atom. The zero-order valence-corrected chi connectivity index (χ0v) is 24.8. The lowest BCUT2D eigenvalue weighted by Crippen LogP contribution is -2.35. The van der Waals surface area contributed by atoms with Crippen LogP contribution in [0.3, 0.4) is 0 Å². The molecule has 0 heterocycles. The van der Waals surface area contributed by atoms with Crippen molar-refractivity contribution in [2.24, 2.45) is 5.11 Å². The highest BCUT2D eigenvalue weighted by atomic mass is 127. The van der Waals surface area contributed by atoms with Crippen LogP contribution >= 0.6 is 38.5 Å². The second-order valence-electron chi connectivity index (χ2n) is 7.13. The fraction of sp³-hybridized carbons (Fsp3) is 0.458. The van der Waals surface area contributed by atoms with E-state index in [9.17, 15) is 14.4 Å². The van der Waals surface area contributed by atoms with Crippen LogP contribution in [0.25, 0.3) is 10.4 Å². The van der Waals surface area contributed by atoms with E-state index in [2.05, 4.69) is 61.6 Å². The summed E-state index contributed by atoms with van der Waals surface area (Å²) in [6.45, 7) is 10.9. The van der Waals surface area contributed by atoms with Crippen molar-refractivity contribution in [1.82, 2.24) is 16.0 Å². The van der Waals surface area contributed by atoms with Gasteiger partial charge in [0.1, 0.15) is 19.2 Å². The van der Waals surface area contributed by atoms with Crippen molar-refractivity contribution in [3.8, 4) is 0 Å². The Kier molecular flexibility index (Phi) is 22.1. The first-order valence-corrected chi connectivity index (χ1v) is 13.8. The molecule has 0 aliphatic heterocycles. The molecule has 2 unspecified atom stereocenters. The van der Waals surface area contributed by atoms with E-state index >= 15 is 0 Å². The molecule has 12 nitrogen and oxygen atoms in total. The summed E-state index contributed by atoms with van der Waals surface area (Å²) < 4.78 is 18.0. The van der Waals surface area contributed by atoms with E-state index in [-0.39, 0.29) is 19.1 Å². The summed E-state index contributed by atoms with van der Waals surface area (Å²) >= 11 is 5.51. The number of ether oxygens (including phenoxy) is 3. The number of aldehydes is 1. The van der Waals surface area contributed by atoms with Crippen LogP contribution in [-0.2, 0) is 23.8 Å². The van der Waals surface area contributed by atoms with Crippen molar-refractivity contribution in [2.45, 2.75) is 31.7 Å². The Labute approximate surface area is 244 Å². The maximum absolute atomic E-state index is 11.9. The number of nitrogens with one attached hydrogen (secondary N) is 3. The van der Waals surface area contributed by atoms with Crippen molar-refractivity contribution in [3.05, 3.63) is 70.1 Å². The van der Waals surface area contributed by atoms with E-state index in [0.717, 1.165) is 10.0 Å². The van der Waals surface area contributed by atoms with Gasteiger partial charge in [-0.2, -0.15) is 0 Å². The number of hydrogen-bond acceptors (Lipinski definition) is 8. The minimum atomic E-state index is -0.863. The Balaban J connectivity index is 0.00000667. The highest BCUT2D eigenvalue weighted by Gasteiger charge is 2.16. The molecular weight excluding hydrogens is 675 g/mol. The summed E-state index contributed by atoms with van der Waals surface area (Å²) in [6.07, 6.45) is -0.365. The third-order valence-electron chi connectivity index (χ3n) is 4.43. The minimum Gasteiger partial charge on any atom is -0.434 e. The molecule has 3 N–H and O–H groups in total. The van der Waals surface area contributed by atoms with Crippen LogP contribution in [-0.4, -0.2) is 61.9 Å². The quantitative estimate of drug-likeness (QED) is 0.0216. The van der Waals surface area contributed by atoms with E-state index in [4.69, 9.17) is 19.7 Å². The molecule has 1 rings (SSSR count). The number of alkyl carbamates (subject to hydrolysis) is 1. The number of carbonyl (C=O) groups excluding carboxylic acids is 3. The van der Waals surface area contributed by atoms with Crippen LogP contribution in [0.1, 0.15) is 31.1 Å². The molecule has 0 spiro atoms. The highest BCUT2D eigenvalue weighted by Crippen LogP contribution is 2.27. The van der Waals surface area contributed by atoms with Crippen LogP contribution in [0.2, 0.25) is 0 Å². The van der Waals surface area contributed by atoms with Crippen LogP contribution < -0.4 is 16.0 Å². The van der Waals surface area contributed by atoms with Gasteiger partial charge in [-0.3, -0.25) is 10.1 Å². The van der Waals surface area contributed by atoms with Gasteiger partial charge < -0.3 is 29.6 Å². The second-order valence-corrected chi connectivity index (χ2v) is 8.75. The number of hydrogen-bond donors (Lipinski definition) is 3. The number of rotatable bonds is 19. The average molecular weight is 709 g/mol. The van der Waals surface area contributed by atoms with E-state index in [0.29, 0.717) is 55.4 Å². The molecule has 0 aromatic heterocycles. The fourth-order valence-electron chi connectivity index (χ4n) is 2.66. The first-order chi connectivity index (χ1) is 18.4. The van der Waals surface area contributed by atoms with Crippen LogP contribution in [0.5, 0.6) is 0 Å². The lowest BCUT2D eigenvalue weighted by Gasteiger charge is -2.20. The van der Waals surface area contributed by atoms with Crippen molar-refractivity contribution >= 4 is 56.8 Å². The first-order valence-electron chi connectivity index (χ1n) is 11.5. The van der Waals surface area contributed by atoms with Crippen LogP contribution in [0.15, 0.2) is 59.2 Å². The molecule has 2 atom stereocenters. The van der Waals surface area contributed by atoms with E-state index < -0.39 is 18.5 Å². The molecule has 1 aromatic rings. The zero-order valence-electron chi connectivity index (χ0n) is 21.1. The largest absolute Gasteiger partial charge is 0.434 e. The van der Waals surface area contributed by atoms with Crippen molar-refractivity contribution in [3.63, 3.8) is 0 Å². The Bertz CT molecular complexity index is 918. The lowest BCUT2D eigenvalue weighted by molar-refractivity contribution is -0.148. The van der Waals surface area contributed by atoms with Gasteiger partial charge in [0.2, 0.25) is 5.91 Å². The molecule has 1 aromatic carbocycles.